The quantitative estimate of drug-likeness (QED) is 0.905. The molecule has 4 heteroatoms. The summed E-state index contributed by atoms with van der Waals surface area (Å²) in [6, 6.07) is 13.2. The van der Waals surface area contributed by atoms with E-state index in [1.54, 1.807) is 12.1 Å². The van der Waals surface area contributed by atoms with Crippen molar-refractivity contribution in [2.45, 2.75) is 26.2 Å². The summed E-state index contributed by atoms with van der Waals surface area (Å²) in [7, 11) is 0. The average molecular weight is 296 g/mol. The molecule has 1 atom stereocenters. The van der Waals surface area contributed by atoms with Crippen LogP contribution in [0.3, 0.4) is 0 Å². The smallest absolute Gasteiger partial charge is 0.258 e. The van der Waals surface area contributed by atoms with Crippen LogP contribution < -0.4 is 5.32 Å². The third-order valence-corrected chi connectivity index (χ3v) is 3.69. The zero-order valence-corrected chi connectivity index (χ0v) is 12.6. The van der Waals surface area contributed by atoms with Crippen molar-refractivity contribution in [1.82, 2.24) is 0 Å². The molecule has 0 aliphatic heterocycles. The molecule has 0 aliphatic carbocycles. The predicted octanol–water partition coefficient (Wildman–Crippen LogP) is 4.46. The van der Waals surface area contributed by atoms with Gasteiger partial charge in [0.25, 0.3) is 5.91 Å². The van der Waals surface area contributed by atoms with E-state index < -0.39 is 11.7 Å². The molecule has 0 spiro atoms. The summed E-state index contributed by atoms with van der Waals surface area (Å²) in [6.45, 7) is 4.26. The summed E-state index contributed by atoms with van der Waals surface area (Å²) in [5.74, 6) is -0.772. The molecule has 3 nitrogen and oxygen atoms in total. The van der Waals surface area contributed by atoms with Gasteiger partial charge in [0.15, 0.2) is 0 Å². The number of nitrogens with zero attached hydrogens (tertiary/aromatic N) is 1. The molecular weight excluding hydrogens is 279 g/mol. The van der Waals surface area contributed by atoms with Crippen LogP contribution in [0.25, 0.3) is 0 Å². The van der Waals surface area contributed by atoms with E-state index in [4.69, 9.17) is 5.26 Å². The van der Waals surface area contributed by atoms with Gasteiger partial charge in [-0.15, -0.1) is 0 Å². The summed E-state index contributed by atoms with van der Waals surface area (Å²) in [5.41, 5.74) is 1.92. The lowest BCUT2D eigenvalue weighted by Crippen LogP contribution is -2.13. The number of carbonyl (C=O) groups is 1. The second kappa shape index (κ2) is 6.86. The lowest BCUT2D eigenvalue weighted by atomic mass is 9.98. The Hall–Kier alpha value is -2.67. The Morgan fingerprint density at radius 2 is 1.95 bits per heavy atom. The second-order valence-electron chi connectivity index (χ2n) is 5.19. The Morgan fingerprint density at radius 3 is 2.50 bits per heavy atom. The summed E-state index contributed by atoms with van der Waals surface area (Å²) >= 11 is 0. The minimum atomic E-state index is -0.701. The molecule has 0 saturated carbocycles. The Balaban J connectivity index is 2.14. The van der Waals surface area contributed by atoms with Gasteiger partial charge in [0.05, 0.1) is 17.2 Å². The maximum Gasteiger partial charge on any atom is 0.258 e. The first kappa shape index (κ1) is 15.7. The molecule has 112 valence electrons. The zero-order valence-electron chi connectivity index (χ0n) is 12.6. The highest BCUT2D eigenvalue weighted by Gasteiger charge is 2.12. The topological polar surface area (TPSA) is 52.9 Å². The number of anilines is 1. The van der Waals surface area contributed by atoms with Crippen molar-refractivity contribution < 1.29 is 9.18 Å². The van der Waals surface area contributed by atoms with Gasteiger partial charge in [0.2, 0.25) is 0 Å². The Morgan fingerprint density at radius 1 is 1.27 bits per heavy atom. The van der Waals surface area contributed by atoms with Crippen molar-refractivity contribution in [2.24, 2.45) is 0 Å². The lowest BCUT2D eigenvalue weighted by Gasteiger charge is -2.11. The molecule has 0 aromatic heterocycles. The number of rotatable bonds is 4. The molecule has 0 bridgehead atoms. The minimum absolute atomic E-state index is 0.0787. The van der Waals surface area contributed by atoms with Gasteiger partial charge in [0, 0.05) is 5.69 Å². The van der Waals surface area contributed by atoms with E-state index in [-0.39, 0.29) is 11.1 Å². The van der Waals surface area contributed by atoms with Crippen LogP contribution in [0.1, 0.15) is 47.7 Å². The Labute approximate surface area is 129 Å². The first-order valence-corrected chi connectivity index (χ1v) is 7.16. The minimum Gasteiger partial charge on any atom is -0.322 e. The molecule has 0 unspecified atom stereocenters. The number of carbonyl (C=O) groups excluding carboxylic acids is 1. The van der Waals surface area contributed by atoms with Crippen LogP contribution in [0.4, 0.5) is 10.1 Å². The third-order valence-electron chi connectivity index (χ3n) is 3.69. The van der Waals surface area contributed by atoms with Crippen LogP contribution in [0, 0.1) is 17.1 Å². The number of hydrogen-bond acceptors (Lipinski definition) is 2. The summed E-state index contributed by atoms with van der Waals surface area (Å²) in [4.78, 5) is 12.1. The monoisotopic (exact) mass is 296 g/mol. The summed E-state index contributed by atoms with van der Waals surface area (Å²) < 4.78 is 13.8. The van der Waals surface area contributed by atoms with E-state index in [0.29, 0.717) is 11.6 Å². The number of nitrogens with one attached hydrogen (secondary N) is 1. The molecule has 22 heavy (non-hydrogen) atoms. The highest BCUT2D eigenvalue weighted by atomic mass is 19.1. The molecule has 0 fully saturated rings. The van der Waals surface area contributed by atoms with Crippen LogP contribution in [-0.4, -0.2) is 5.91 Å². The van der Waals surface area contributed by atoms with Crippen molar-refractivity contribution in [2.75, 3.05) is 5.32 Å². The molecule has 0 aliphatic rings. The summed E-state index contributed by atoms with van der Waals surface area (Å²) in [5, 5.41) is 11.4. The van der Waals surface area contributed by atoms with Gasteiger partial charge in [0.1, 0.15) is 5.82 Å². The van der Waals surface area contributed by atoms with Crippen LogP contribution in [-0.2, 0) is 0 Å². The highest BCUT2D eigenvalue weighted by molar-refractivity contribution is 6.04. The molecule has 0 heterocycles. The Bertz CT molecular complexity index is 717. The van der Waals surface area contributed by atoms with Crippen molar-refractivity contribution in [1.29, 1.82) is 5.26 Å². The van der Waals surface area contributed by atoms with E-state index >= 15 is 0 Å². The fraction of sp³-hybridized carbons (Fsp3) is 0.222. The van der Waals surface area contributed by atoms with Crippen LogP contribution in [0.5, 0.6) is 0 Å². The molecule has 0 radical (unpaired) electrons. The largest absolute Gasteiger partial charge is 0.322 e. The van der Waals surface area contributed by atoms with Crippen molar-refractivity contribution >= 4 is 11.6 Å². The third kappa shape index (κ3) is 3.50. The van der Waals surface area contributed by atoms with Gasteiger partial charge >= 0.3 is 0 Å². The fourth-order valence-corrected chi connectivity index (χ4v) is 2.10. The average Bonchev–Trinajstić information content (AvgIpc) is 2.54. The summed E-state index contributed by atoms with van der Waals surface area (Å²) in [6.07, 6.45) is 1.04. The van der Waals surface area contributed by atoms with Gasteiger partial charge in [-0.2, -0.15) is 5.26 Å². The van der Waals surface area contributed by atoms with Crippen LogP contribution in [0.15, 0.2) is 42.5 Å². The molecule has 2 rings (SSSR count). The van der Waals surface area contributed by atoms with Gasteiger partial charge in [-0.1, -0.05) is 26.0 Å². The predicted molar refractivity (Wildman–Crippen MR) is 84.2 cm³/mol. The number of halogens is 1. The van der Waals surface area contributed by atoms with Gasteiger partial charge in [-0.3, -0.25) is 4.79 Å². The molecule has 0 saturated heterocycles. The van der Waals surface area contributed by atoms with Crippen LogP contribution >= 0.6 is 0 Å². The van der Waals surface area contributed by atoms with Gasteiger partial charge < -0.3 is 5.32 Å². The van der Waals surface area contributed by atoms with Gasteiger partial charge in [-0.05, 0) is 48.2 Å². The number of amides is 1. The van der Waals surface area contributed by atoms with E-state index in [1.165, 1.54) is 17.7 Å². The molecule has 2 aromatic rings. The fourth-order valence-electron chi connectivity index (χ4n) is 2.10. The zero-order chi connectivity index (χ0) is 16.1. The van der Waals surface area contributed by atoms with Crippen LogP contribution in [0.2, 0.25) is 0 Å². The highest BCUT2D eigenvalue weighted by Crippen LogP contribution is 2.21. The van der Waals surface area contributed by atoms with Crippen molar-refractivity contribution in [3.63, 3.8) is 0 Å². The van der Waals surface area contributed by atoms with E-state index in [2.05, 4.69) is 19.2 Å². The second-order valence-corrected chi connectivity index (χ2v) is 5.19. The SMILES string of the molecule is CC[C@H](C)c1ccc(NC(=O)c2ccc(C#N)cc2F)cc1. The van der Waals surface area contributed by atoms with Gasteiger partial charge in [-0.25, -0.2) is 4.39 Å². The maximum absolute atomic E-state index is 13.8. The normalized spacial score (nSPS) is 11.5. The number of nitriles is 1. The molecule has 1 amide bonds. The first-order valence-electron chi connectivity index (χ1n) is 7.16. The van der Waals surface area contributed by atoms with E-state index in [9.17, 15) is 9.18 Å². The maximum atomic E-state index is 13.8. The van der Waals surface area contributed by atoms with Crippen molar-refractivity contribution in [3.8, 4) is 6.07 Å². The van der Waals surface area contributed by atoms with E-state index in [1.807, 2.05) is 18.2 Å². The molecular formula is C18H17FN2O. The molecule has 1 N–H and O–H groups in total. The standard InChI is InChI=1S/C18H17FN2O/c1-3-12(2)14-5-7-15(8-6-14)21-18(22)16-9-4-13(11-20)10-17(16)19/h4-10,12H,3H2,1-2H3,(H,21,22)/t12-/m0/s1. The lowest BCUT2D eigenvalue weighted by molar-refractivity contribution is 0.102. The van der Waals surface area contributed by atoms with E-state index in [0.717, 1.165) is 12.5 Å². The Kier molecular flexibility index (Phi) is 4.90. The first-order chi connectivity index (χ1) is 10.5. The van der Waals surface area contributed by atoms with Crippen molar-refractivity contribution in [3.05, 3.63) is 65.0 Å². The number of hydrogen-bond donors (Lipinski definition) is 1. The molecule has 2 aromatic carbocycles. The number of benzene rings is 2.